The fourth-order valence-electron chi connectivity index (χ4n) is 4.82. The second-order valence-corrected chi connectivity index (χ2v) is 11.6. The molecule has 0 N–H and O–H groups in total. The van der Waals surface area contributed by atoms with Crippen LogP contribution >= 0.6 is 7.92 Å². The van der Waals surface area contributed by atoms with Crippen molar-refractivity contribution in [2.75, 3.05) is 0 Å². The molecule has 88 valence electrons. The van der Waals surface area contributed by atoms with Crippen molar-refractivity contribution >= 4 is 7.92 Å². The lowest BCUT2D eigenvalue weighted by Gasteiger charge is -2.55. The molecule has 1 aliphatic heterocycles. The molecule has 2 aliphatic rings. The van der Waals surface area contributed by atoms with Crippen LogP contribution in [-0.4, -0.2) is 16.0 Å². The molecule has 1 spiro atoms. The molecule has 0 aromatic rings. The molecule has 0 atom stereocenters. The lowest BCUT2D eigenvalue weighted by molar-refractivity contribution is 0.313. The van der Waals surface area contributed by atoms with Gasteiger partial charge in [0.2, 0.25) is 0 Å². The second kappa shape index (κ2) is 3.22. The summed E-state index contributed by atoms with van der Waals surface area (Å²) in [5, 5.41) is 1.23. The molecule has 0 unspecified atom stereocenters. The van der Waals surface area contributed by atoms with E-state index >= 15 is 0 Å². The Labute approximate surface area is 97.0 Å². The normalized spacial score (nSPS) is 32.2. The summed E-state index contributed by atoms with van der Waals surface area (Å²) in [5.74, 6) is 0. The van der Waals surface area contributed by atoms with Crippen LogP contribution < -0.4 is 0 Å². The molecule has 1 saturated heterocycles. The molecule has 0 amide bonds. The van der Waals surface area contributed by atoms with E-state index in [-0.39, 0.29) is 7.92 Å². The molecule has 1 aliphatic carbocycles. The lowest BCUT2D eigenvalue weighted by Crippen LogP contribution is -2.42. The average molecular weight is 226 g/mol. The van der Waals surface area contributed by atoms with Crippen molar-refractivity contribution in [1.29, 1.82) is 0 Å². The van der Waals surface area contributed by atoms with Crippen molar-refractivity contribution in [3.8, 4) is 0 Å². The molecule has 1 saturated carbocycles. The third kappa shape index (κ3) is 1.99. The van der Waals surface area contributed by atoms with E-state index < -0.39 is 0 Å². The molecule has 2 rings (SSSR count). The minimum Gasteiger partial charge on any atom is -0.0924 e. The van der Waals surface area contributed by atoms with Crippen LogP contribution in [0.5, 0.6) is 0 Å². The van der Waals surface area contributed by atoms with Gasteiger partial charge in [-0.05, 0) is 47.1 Å². The standard InChI is InChI=1S/C14H27P/c1-11(2)15-12(3,4)9-14(7-8-14)10-13(15,5)6/h11H,7-10H2,1-6H3. The number of hydrogen-bond acceptors (Lipinski definition) is 0. The van der Waals surface area contributed by atoms with Gasteiger partial charge in [0.05, 0.1) is 0 Å². The predicted molar refractivity (Wildman–Crippen MR) is 71.1 cm³/mol. The Morgan fingerprint density at radius 3 is 1.53 bits per heavy atom. The Morgan fingerprint density at radius 1 is 0.867 bits per heavy atom. The van der Waals surface area contributed by atoms with Gasteiger partial charge in [0, 0.05) is 0 Å². The Morgan fingerprint density at radius 2 is 1.27 bits per heavy atom. The highest BCUT2D eigenvalue weighted by atomic mass is 31.1. The fraction of sp³-hybridized carbons (Fsp3) is 1.00. The topological polar surface area (TPSA) is 0 Å². The summed E-state index contributed by atoms with van der Waals surface area (Å²) in [6.07, 6.45) is 6.04. The molecule has 0 radical (unpaired) electrons. The summed E-state index contributed by atoms with van der Waals surface area (Å²) in [4.78, 5) is 0. The van der Waals surface area contributed by atoms with Crippen molar-refractivity contribution in [3.05, 3.63) is 0 Å². The zero-order valence-electron chi connectivity index (χ0n) is 11.4. The first-order chi connectivity index (χ1) is 6.69. The van der Waals surface area contributed by atoms with Crippen LogP contribution in [0, 0.1) is 5.41 Å². The monoisotopic (exact) mass is 226 g/mol. The summed E-state index contributed by atoms with van der Waals surface area (Å²) in [7, 11) is 0.164. The molecule has 0 aromatic heterocycles. The van der Waals surface area contributed by atoms with E-state index in [4.69, 9.17) is 0 Å². The minimum atomic E-state index is 0.164. The Bertz CT molecular complexity index is 239. The highest BCUT2D eigenvalue weighted by Crippen LogP contribution is 2.76. The minimum absolute atomic E-state index is 0.164. The van der Waals surface area contributed by atoms with Crippen LogP contribution in [0.2, 0.25) is 0 Å². The van der Waals surface area contributed by atoms with Crippen molar-refractivity contribution in [1.82, 2.24) is 0 Å². The predicted octanol–water partition coefficient (Wildman–Crippen LogP) is 5.01. The highest BCUT2D eigenvalue weighted by Gasteiger charge is 2.58. The molecule has 2 fully saturated rings. The molecule has 0 nitrogen and oxygen atoms in total. The van der Waals surface area contributed by atoms with Crippen LogP contribution in [-0.2, 0) is 0 Å². The first-order valence-corrected chi connectivity index (χ1v) is 7.89. The summed E-state index contributed by atoms with van der Waals surface area (Å²) in [6, 6.07) is 0. The van der Waals surface area contributed by atoms with Crippen molar-refractivity contribution in [2.45, 2.75) is 83.2 Å². The van der Waals surface area contributed by atoms with E-state index in [2.05, 4.69) is 41.5 Å². The van der Waals surface area contributed by atoms with Gasteiger partial charge in [-0.15, -0.1) is 0 Å². The SMILES string of the molecule is CC(C)P1C(C)(C)CC2(CC2)CC1(C)C. The van der Waals surface area contributed by atoms with E-state index in [1.165, 1.54) is 25.7 Å². The number of rotatable bonds is 1. The van der Waals surface area contributed by atoms with Gasteiger partial charge in [-0.25, -0.2) is 0 Å². The maximum absolute atomic E-state index is 2.54. The third-order valence-electron chi connectivity index (χ3n) is 4.39. The zero-order chi connectivity index (χ0) is 11.5. The molecule has 1 heteroatoms. The van der Waals surface area contributed by atoms with Crippen molar-refractivity contribution in [2.24, 2.45) is 5.41 Å². The largest absolute Gasteiger partial charge is 0.0924 e. The van der Waals surface area contributed by atoms with Crippen LogP contribution in [0.25, 0.3) is 0 Å². The van der Waals surface area contributed by atoms with Crippen LogP contribution in [0.15, 0.2) is 0 Å². The fourth-order valence-corrected chi connectivity index (χ4v) is 10.3. The summed E-state index contributed by atoms with van der Waals surface area (Å²) >= 11 is 0. The Hall–Kier alpha value is 0.430. The van der Waals surface area contributed by atoms with Gasteiger partial charge < -0.3 is 0 Å². The summed E-state index contributed by atoms with van der Waals surface area (Å²) < 4.78 is 0. The molecule has 0 bridgehead atoms. The highest BCUT2D eigenvalue weighted by molar-refractivity contribution is 7.61. The van der Waals surface area contributed by atoms with Gasteiger partial charge >= 0.3 is 0 Å². The Balaban J connectivity index is 2.29. The van der Waals surface area contributed by atoms with Crippen LogP contribution in [0.3, 0.4) is 0 Å². The number of hydrogen-bond donors (Lipinski definition) is 0. The smallest absolute Gasteiger partial charge is 0.0139 e. The lowest BCUT2D eigenvalue weighted by atomic mass is 9.84. The van der Waals surface area contributed by atoms with E-state index in [9.17, 15) is 0 Å². The zero-order valence-corrected chi connectivity index (χ0v) is 12.2. The van der Waals surface area contributed by atoms with Gasteiger partial charge in [-0.1, -0.05) is 49.5 Å². The molecule has 1 heterocycles. The summed E-state index contributed by atoms with van der Waals surface area (Å²) in [6.45, 7) is 15.1. The van der Waals surface area contributed by atoms with Gasteiger partial charge in [0.15, 0.2) is 0 Å². The molecular weight excluding hydrogens is 199 g/mol. The van der Waals surface area contributed by atoms with Gasteiger partial charge in [-0.3, -0.25) is 0 Å². The molecular formula is C14H27P. The Kier molecular flexibility index (Phi) is 2.56. The second-order valence-electron chi connectivity index (χ2n) is 7.44. The first-order valence-electron chi connectivity index (χ1n) is 6.48. The molecule has 0 aromatic carbocycles. The van der Waals surface area contributed by atoms with Crippen molar-refractivity contribution in [3.63, 3.8) is 0 Å². The van der Waals surface area contributed by atoms with Gasteiger partial charge in [0.25, 0.3) is 0 Å². The first kappa shape index (κ1) is 11.9. The van der Waals surface area contributed by atoms with Gasteiger partial charge in [0.1, 0.15) is 0 Å². The maximum Gasteiger partial charge on any atom is -0.0139 e. The molecule has 15 heavy (non-hydrogen) atoms. The van der Waals surface area contributed by atoms with E-state index in [1.807, 2.05) is 0 Å². The third-order valence-corrected chi connectivity index (χ3v) is 8.35. The van der Waals surface area contributed by atoms with Crippen LogP contribution in [0.1, 0.15) is 67.2 Å². The van der Waals surface area contributed by atoms with Crippen molar-refractivity contribution < 1.29 is 0 Å². The average Bonchev–Trinajstić information content (AvgIpc) is 2.59. The van der Waals surface area contributed by atoms with E-state index in [0.717, 1.165) is 11.1 Å². The summed E-state index contributed by atoms with van der Waals surface area (Å²) in [5.41, 5.74) is 1.67. The van der Waals surface area contributed by atoms with Crippen LogP contribution in [0.4, 0.5) is 0 Å². The van der Waals surface area contributed by atoms with Gasteiger partial charge in [-0.2, -0.15) is 0 Å². The quantitative estimate of drug-likeness (QED) is 0.551. The maximum atomic E-state index is 2.54. The van der Waals surface area contributed by atoms with E-state index in [1.54, 1.807) is 0 Å². The van der Waals surface area contributed by atoms with E-state index in [0.29, 0.717) is 10.3 Å².